The Balaban J connectivity index is 1.48. The molecule has 9 heteroatoms. The van der Waals surface area contributed by atoms with Crippen LogP contribution in [-0.2, 0) is 16.1 Å². The first-order chi connectivity index (χ1) is 14.5. The van der Waals surface area contributed by atoms with Crippen LogP contribution in [0.2, 0.25) is 0 Å². The van der Waals surface area contributed by atoms with Gasteiger partial charge in [0.15, 0.2) is 0 Å². The molecular formula is C21H23FN6O2. The van der Waals surface area contributed by atoms with Crippen LogP contribution in [0.3, 0.4) is 0 Å². The minimum Gasteiger partial charge on any atom is -0.368 e. The fourth-order valence-corrected chi connectivity index (χ4v) is 3.62. The van der Waals surface area contributed by atoms with Gasteiger partial charge >= 0.3 is 0 Å². The standard InChI is InChI=1S/C21H23FN6O2/c1-14-25-15(2)28(26-14)9-6-19(29)27-10-11-30-18(13-27)21-20(23-7-8-24-21)16-4-3-5-17(22)12-16/h3-5,7-8,12,18H,6,9-11,13H2,1-2H3/t18-/m0/s1. The van der Waals surface area contributed by atoms with Crippen LogP contribution >= 0.6 is 0 Å². The molecule has 3 heterocycles. The third-order valence-corrected chi connectivity index (χ3v) is 5.05. The van der Waals surface area contributed by atoms with Crippen LogP contribution in [0.1, 0.15) is 29.9 Å². The topological polar surface area (TPSA) is 86.0 Å². The van der Waals surface area contributed by atoms with E-state index >= 15 is 0 Å². The monoisotopic (exact) mass is 410 g/mol. The van der Waals surface area contributed by atoms with Gasteiger partial charge in [-0.3, -0.25) is 14.8 Å². The van der Waals surface area contributed by atoms with Crippen LogP contribution in [0.4, 0.5) is 4.39 Å². The number of rotatable bonds is 5. The number of halogens is 1. The molecule has 0 radical (unpaired) electrons. The minimum absolute atomic E-state index is 0.0204. The van der Waals surface area contributed by atoms with E-state index in [2.05, 4.69) is 20.1 Å². The van der Waals surface area contributed by atoms with E-state index in [1.165, 1.54) is 12.1 Å². The minimum atomic E-state index is -0.426. The lowest BCUT2D eigenvalue weighted by molar-refractivity contribution is -0.139. The molecule has 0 bridgehead atoms. The van der Waals surface area contributed by atoms with Crippen molar-refractivity contribution < 1.29 is 13.9 Å². The third-order valence-electron chi connectivity index (χ3n) is 5.05. The number of ether oxygens (including phenoxy) is 1. The first-order valence-corrected chi connectivity index (χ1v) is 9.85. The first kappa shape index (κ1) is 20.1. The van der Waals surface area contributed by atoms with Crippen molar-refractivity contribution in [3.05, 3.63) is 59.8 Å². The second-order valence-corrected chi connectivity index (χ2v) is 7.18. The molecule has 3 aromatic rings. The number of carbonyl (C=O) groups excluding carboxylic acids is 1. The lowest BCUT2D eigenvalue weighted by atomic mass is 10.0. The largest absolute Gasteiger partial charge is 0.368 e. The highest BCUT2D eigenvalue weighted by Crippen LogP contribution is 2.29. The van der Waals surface area contributed by atoms with Crippen molar-refractivity contribution >= 4 is 5.91 Å². The summed E-state index contributed by atoms with van der Waals surface area (Å²) in [5, 5.41) is 4.30. The molecule has 1 fully saturated rings. The summed E-state index contributed by atoms with van der Waals surface area (Å²) in [5.41, 5.74) is 1.79. The average molecular weight is 410 g/mol. The Bertz CT molecular complexity index is 1050. The third kappa shape index (κ3) is 4.35. The molecule has 1 amide bonds. The summed E-state index contributed by atoms with van der Waals surface area (Å²) < 4.78 is 21.4. The summed E-state index contributed by atoms with van der Waals surface area (Å²) in [6, 6.07) is 6.22. The second-order valence-electron chi connectivity index (χ2n) is 7.18. The van der Waals surface area contributed by atoms with Crippen molar-refractivity contribution in [2.45, 2.75) is 32.9 Å². The zero-order valence-electron chi connectivity index (χ0n) is 17.0. The Morgan fingerprint density at radius 1 is 1.27 bits per heavy atom. The summed E-state index contributed by atoms with van der Waals surface area (Å²) in [6.45, 7) is 5.46. The number of hydrogen-bond acceptors (Lipinski definition) is 6. The Morgan fingerprint density at radius 3 is 2.87 bits per heavy atom. The van der Waals surface area contributed by atoms with E-state index in [1.807, 2.05) is 13.8 Å². The Kier molecular flexibility index (Phi) is 5.80. The van der Waals surface area contributed by atoms with Crippen molar-refractivity contribution in [1.82, 2.24) is 29.6 Å². The van der Waals surface area contributed by atoms with Crippen LogP contribution in [-0.4, -0.2) is 55.2 Å². The van der Waals surface area contributed by atoms with E-state index in [0.29, 0.717) is 55.4 Å². The van der Waals surface area contributed by atoms with Crippen molar-refractivity contribution in [2.75, 3.05) is 19.7 Å². The van der Waals surface area contributed by atoms with Gasteiger partial charge in [0, 0.05) is 30.9 Å². The van der Waals surface area contributed by atoms with E-state index in [9.17, 15) is 9.18 Å². The smallest absolute Gasteiger partial charge is 0.224 e. The highest BCUT2D eigenvalue weighted by atomic mass is 19.1. The Morgan fingerprint density at radius 2 is 2.10 bits per heavy atom. The summed E-state index contributed by atoms with van der Waals surface area (Å²) in [7, 11) is 0. The van der Waals surface area contributed by atoms with Gasteiger partial charge in [-0.2, -0.15) is 5.10 Å². The van der Waals surface area contributed by atoms with Gasteiger partial charge in [-0.05, 0) is 26.0 Å². The zero-order valence-corrected chi connectivity index (χ0v) is 17.0. The Labute approximate surface area is 173 Å². The van der Waals surface area contributed by atoms with Gasteiger partial charge in [0.2, 0.25) is 5.91 Å². The predicted octanol–water partition coefficient (Wildman–Crippen LogP) is 2.48. The van der Waals surface area contributed by atoms with Crippen molar-refractivity contribution in [3.8, 4) is 11.3 Å². The zero-order chi connectivity index (χ0) is 21.1. The fourth-order valence-electron chi connectivity index (χ4n) is 3.62. The quantitative estimate of drug-likeness (QED) is 0.642. The number of carbonyl (C=O) groups is 1. The van der Waals surface area contributed by atoms with Crippen LogP contribution in [0.15, 0.2) is 36.7 Å². The van der Waals surface area contributed by atoms with Gasteiger partial charge in [-0.1, -0.05) is 12.1 Å². The molecule has 0 N–H and O–H groups in total. The van der Waals surface area contributed by atoms with Crippen LogP contribution in [0.5, 0.6) is 0 Å². The van der Waals surface area contributed by atoms with Gasteiger partial charge < -0.3 is 9.64 Å². The molecule has 2 aromatic heterocycles. The average Bonchev–Trinajstić information content (AvgIpc) is 3.09. The summed E-state index contributed by atoms with van der Waals surface area (Å²) in [4.78, 5) is 27.7. The molecule has 1 aliphatic heterocycles. The van der Waals surface area contributed by atoms with Gasteiger partial charge in [0.25, 0.3) is 0 Å². The predicted molar refractivity (Wildman–Crippen MR) is 107 cm³/mol. The van der Waals surface area contributed by atoms with E-state index in [4.69, 9.17) is 4.74 Å². The molecule has 156 valence electrons. The second kappa shape index (κ2) is 8.66. The maximum atomic E-state index is 13.7. The number of amides is 1. The van der Waals surface area contributed by atoms with Gasteiger partial charge in [-0.15, -0.1) is 0 Å². The molecule has 1 aromatic carbocycles. The molecule has 4 rings (SSSR count). The molecule has 0 spiro atoms. The molecule has 1 atom stereocenters. The SMILES string of the molecule is Cc1nc(C)n(CCC(=O)N2CCO[C@H](c3nccnc3-c3cccc(F)c3)C2)n1. The van der Waals surface area contributed by atoms with E-state index in [-0.39, 0.29) is 11.7 Å². The highest BCUT2D eigenvalue weighted by Gasteiger charge is 2.28. The van der Waals surface area contributed by atoms with Crippen LogP contribution in [0.25, 0.3) is 11.3 Å². The number of aryl methyl sites for hydroxylation is 3. The van der Waals surface area contributed by atoms with Gasteiger partial charge in [0.05, 0.1) is 31.1 Å². The molecule has 8 nitrogen and oxygen atoms in total. The molecule has 1 saturated heterocycles. The maximum Gasteiger partial charge on any atom is 0.224 e. The molecule has 0 unspecified atom stereocenters. The fraction of sp³-hybridized carbons (Fsp3) is 0.381. The van der Waals surface area contributed by atoms with Gasteiger partial charge in [0.1, 0.15) is 23.6 Å². The maximum absolute atomic E-state index is 13.7. The highest BCUT2D eigenvalue weighted by molar-refractivity contribution is 5.76. The van der Waals surface area contributed by atoms with Crippen LogP contribution in [0, 0.1) is 19.7 Å². The lowest BCUT2D eigenvalue weighted by Gasteiger charge is -2.33. The van der Waals surface area contributed by atoms with Crippen molar-refractivity contribution in [3.63, 3.8) is 0 Å². The summed E-state index contributed by atoms with van der Waals surface area (Å²) >= 11 is 0. The van der Waals surface area contributed by atoms with Crippen molar-refractivity contribution in [2.24, 2.45) is 0 Å². The van der Waals surface area contributed by atoms with Crippen molar-refractivity contribution in [1.29, 1.82) is 0 Å². The number of nitrogens with zero attached hydrogens (tertiary/aromatic N) is 6. The Hall–Kier alpha value is -3.20. The summed E-state index contributed by atoms with van der Waals surface area (Å²) in [5.74, 6) is 1.16. The van der Waals surface area contributed by atoms with Gasteiger partial charge in [-0.25, -0.2) is 14.1 Å². The first-order valence-electron chi connectivity index (χ1n) is 9.85. The van der Waals surface area contributed by atoms with Crippen LogP contribution < -0.4 is 0 Å². The molecule has 0 saturated carbocycles. The number of aromatic nitrogens is 5. The molecular weight excluding hydrogens is 387 g/mol. The molecule has 0 aliphatic carbocycles. The number of morpholine rings is 1. The lowest BCUT2D eigenvalue weighted by Crippen LogP contribution is -2.43. The number of benzene rings is 1. The number of hydrogen-bond donors (Lipinski definition) is 0. The van der Waals surface area contributed by atoms with E-state index < -0.39 is 6.10 Å². The van der Waals surface area contributed by atoms with E-state index in [1.54, 1.807) is 34.1 Å². The summed E-state index contributed by atoms with van der Waals surface area (Å²) in [6.07, 6.45) is 3.05. The van der Waals surface area contributed by atoms with E-state index in [0.717, 1.165) is 5.82 Å². The normalized spacial score (nSPS) is 16.6. The molecule has 1 aliphatic rings. The molecule has 30 heavy (non-hydrogen) atoms.